The van der Waals surface area contributed by atoms with Gasteiger partial charge >= 0.3 is 5.97 Å². The maximum Gasteiger partial charge on any atom is 0.308 e. The number of rotatable bonds is 3. The van der Waals surface area contributed by atoms with E-state index in [2.05, 4.69) is 15.6 Å². The number of H-pyrrole nitrogens is 1. The van der Waals surface area contributed by atoms with E-state index in [1.807, 2.05) is 37.3 Å². The van der Waals surface area contributed by atoms with Crippen LogP contribution in [0.4, 0.5) is 0 Å². The number of phenols is 1. The number of aromatic hydroxyl groups is 1. The number of likely N-dealkylation sites (N-methyl/N-ethyl adjacent to an activating group) is 1. The van der Waals surface area contributed by atoms with E-state index in [0.717, 1.165) is 22.0 Å². The van der Waals surface area contributed by atoms with E-state index in [-0.39, 0.29) is 42.5 Å². The van der Waals surface area contributed by atoms with Gasteiger partial charge in [-0.3, -0.25) is 19.2 Å². The Morgan fingerprint density at radius 3 is 2.60 bits per heavy atom. The number of carbonyl (C=O) groups excluding carboxylic acids is 4. The predicted molar refractivity (Wildman–Crippen MR) is 163 cm³/mol. The summed E-state index contributed by atoms with van der Waals surface area (Å²) in [6.45, 7) is 3.62. The highest BCUT2D eigenvalue weighted by Gasteiger charge is 2.33. The molecule has 2 aromatic carbocycles. The molecule has 10 nitrogen and oxygen atoms in total. The number of cyclic esters (lactones) is 1. The van der Waals surface area contributed by atoms with Crippen LogP contribution in [0.5, 0.6) is 5.75 Å². The molecule has 0 saturated carbocycles. The van der Waals surface area contributed by atoms with Crippen LogP contribution in [0.3, 0.4) is 0 Å². The van der Waals surface area contributed by atoms with Crippen molar-refractivity contribution in [2.45, 2.75) is 64.1 Å². The number of benzene rings is 2. The molecule has 3 aromatic rings. The predicted octanol–water partition coefficient (Wildman–Crippen LogP) is 4.32. The van der Waals surface area contributed by atoms with Gasteiger partial charge in [0.25, 0.3) is 0 Å². The molecule has 0 fully saturated rings. The van der Waals surface area contributed by atoms with Gasteiger partial charge in [0.1, 0.15) is 17.8 Å². The third kappa shape index (κ3) is 8.16. The minimum Gasteiger partial charge on any atom is -0.506 e. The lowest BCUT2D eigenvalue weighted by molar-refractivity contribution is -0.145. The zero-order chi connectivity index (χ0) is 31.1. The molecule has 0 saturated heterocycles. The number of fused-ring (bicyclic) bond motifs is 1. The van der Waals surface area contributed by atoms with E-state index in [1.54, 1.807) is 19.2 Å². The Kier molecular flexibility index (Phi) is 10.5. The number of aromatic nitrogens is 1. The van der Waals surface area contributed by atoms with Gasteiger partial charge < -0.3 is 30.4 Å². The molecule has 228 valence electrons. The highest BCUT2D eigenvalue weighted by molar-refractivity contribution is 6.32. The maximum absolute atomic E-state index is 14.0. The molecule has 4 N–H and O–H groups in total. The Hall–Kier alpha value is -4.31. The van der Waals surface area contributed by atoms with Crippen molar-refractivity contribution >= 4 is 46.2 Å². The number of halogens is 1. The normalized spacial score (nSPS) is 23.0. The third-order valence-corrected chi connectivity index (χ3v) is 7.94. The number of nitrogens with one attached hydrogen (secondary N) is 3. The Bertz CT molecular complexity index is 1530. The molecule has 11 heteroatoms. The number of aromatic amines is 1. The number of ether oxygens (including phenoxy) is 1. The van der Waals surface area contributed by atoms with Crippen LogP contribution in [0, 0.1) is 0 Å². The number of nitrogens with zero attached hydrogens (tertiary/aromatic N) is 1. The van der Waals surface area contributed by atoms with Gasteiger partial charge in [-0.25, -0.2) is 0 Å². The summed E-state index contributed by atoms with van der Waals surface area (Å²) in [6.07, 6.45) is 4.83. The van der Waals surface area contributed by atoms with Crippen LogP contribution in [0.1, 0.15) is 56.7 Å². The number of carbonyl (C=O) groups is 4. The first-order valence-corrected chi connectivity index (χ1v) is 14.6. The van der Waals surface area contributed by atoms with E-state index in [0.29, 0.717) is 18.4 Å². The zero-order valence-corrected chi connectivity index (χ0v) is 25.2. The van der Waals surface area contributed by atoms with Crippen LogP contribution in [0.2, 0.25) is 5.02 Å². The molecule has 1 aliphatic rings. The number of esters is 1. The van der Waals surface area contributed by atoms with Crippen molar-refractivity contribution in [3.63, 3.8) is 0 Å². The average Bonchev–Trinajstić information content (AvgIpc) is 3.39. The second-order valence-electron chi connectivity index (χ2n) is 10.9. The topological polar surface area (TPSA) is 141 Å². The van der Waals surface area contributed by atoms with E-state index < -0.39 is 35.9 Å². The molecule has 1 aliphatic heterocycles. The van der Waals surface area contributed by atoms with Gasteiger partial charge in [-0.2, -0.15) is 0 Å². The Labute approximate surface area is 255 Å². The molecule has 0 bridgehead atoms. The molecule has 0 aliphatic carbocycles. The summed E-state index contributed by atoms with van der Waals surface area (Å²) in [5, 5.41) is 16.6. The summed E-state index contributed by atoms with van der Waals surface area (Å²) >= 11 is 6.17. The quantitative estimate of drug-likeness (QED) is 0.258. The summed E-state index contributed by atoms with van der Waals surface area (Å²) in [5.74, 6) is -1.91. The van der Waals surface area contributed by atoms with E-state index in [4.69, 9.17) is 16.3 Å². The molecule has 3 atom stereocenters. The molecule has 43 heavy (non-hydrogen) atoms. The Morgan fingerprint density at radius 2 is 1.84 bits per heavy atom. The van der Waals surface area contributed by atoms with Gasteiger partial charge in [0.2, 0.25) is 17.7 Å². The monoisotopic (exact) mass is 608 g/mol. The maximum atomic E-state index is 14.0. The molecule has 1 aromatic heterocycles. The van der Waals surface area contributed by atoms with Gasteiger partial charge in [-0.1, -0.05) is 47.5 Å². The fourth-order valence-electron chi connectivity index (χ4n) is 5.13. The lowest BCUT2D eigenvalue weighted by Gasteiger charge is -2.31. The van der Waals surface area contributed by atoms with Gasteiger partial charge in [-0.05, 0) is 56.0 Å². The van der Waals surface area contributed by atoms with E-state index in [9.17, 15) is 24.3 Å². The molecule has 3 amide bonds. The van der Waals surface area contributed by atoms with Crippen molar-refractivity contribution in [3.05, 3.63) is 76.5 Å². The number of phenolic OH excluding ortho intramolecular Hbond substituents is 1. The molecule has 0 radical (unpaired) electrons. The SMILES string of the molecule is C/C1=C\CCOC(=O)CC(c2ccc(O)c(Cl)c2)NC(=O)C(Cc2c[nH]c3ccccc23)N(C)C(=O)C(C)NC(=O)CC1. The first kappa shape index (κ1) is 31.6. The zero-order valence-electron chi connectivity index (χ0n) is 24.5. The molecule has 3 unspecified atom stereocenters. The largest absolute Gasteiger partial charge is 0.506 e. The van der Waals surface area contributed by atoms with E-state index >= 15 is 0 Å². The molecular weight excluding hydrogens is 572 g/mol. The fourth-order valence-corrected chi connectivity index (χ4v) is 5.31. The summed E-state index contributed by atoms with van der Waals surface area (Å²) in [6, 6.07) is 9.34. The average molecular weight is 609 g/mol. The minimum atomic E-state index is -0.999. The fraction of sp³-hybridized carbons (Fsp3) is 0.375. The van der Waals surface area contributed by atoms with Gasteiger partial charge in [0, 0.05) is 37.0 Å². The van der Waals surface area contributed by atoms with Crippen molar-refractivity contribution in [2.75, 3.05) is 13.7 Å². The van der Waals surface area contributed by atoms with Crippen LogP contribution < -0.4 is 10.6 Å². The standard InChI is InChI=1S/C32H37ClN4O6/c1-19-7-6-14-43-30(40)17-26(21-11-12-28(38)24(33)15-21)36-31(41)27(16-22-18-34-25-9-5-4-8-23(22)25)37(3)32(42)20(2)35-29(39)13-10-19/h4-5,7-9,11-12,15,18,20,26-27,34,38H,6,10,13-14,16-17H2,1-3H3,(H,35,39)(H,36,41)/b19-7+. The van der Waals surface area contributed by atoms with Crippen LogP contribution >= 0.6 is 11.6 Å². The van der Waals surface area contributed by atoms with Gasteiger partial charge in [0.05, 0.1) is 24.1 Å². The van der Waals surface area contributed by atoms with Crippen LogP contribution in [0.15, 0.2) is 60.3 Å². The Morgan fingerprint density at radius 1 is 1.07 bits per heavy atom. The highest BCUT2D eigenvalue weighted by Crippen LogP contribution is 2.29. The smallest absolute Gasteiger partial charge is 0.308 e. The molecule has 4 rings (SSSR count). The van der Waals surface area contributed by atoms with Crippen LogP contribution in [-0.2, 0) is 30.3 Å². The minimum absolute atomic E-state index is 0.0624. The van der Waals surface area contributed by atoms with Crippen LogP contribution in [-0.4, -0.2) is 64.4 Å². The van der Waals surface area contributed by atoms with E-state index in [1.165, 1.54) is 24.1 Å². The summed E-state index contributed by atoms with van der Waals surface area (Å²) in [7, 11) is 1.52. The molecule has 2 heterocycles. The number of hydrogen-bond donors (Lipinski definition) is 4. The number of amides is 3. The number of allylic oxidation sites excluding steroid dienone is 1. The third-order valence-electron chi connectivity index (χ3n) is 7.64. The number of para-hydroxylation sites is 1. The van der Waals surface area contributed by atoms with Crippen LogP contribution in [0.25, 0.3) is 10.9 Å². The second-order valence-corrected chi connectivity index (χ2v) is 11.3. The summed E-state index contributed by atoms with van der Waals surface area (Å²) in [5.41, 5.74) is 3.15. The lowest BCUT2D eigenvalue weighted by Crippen LogP contribution is -2.54. The van der Waals surface area contributed by atoms with Gasteiger partial charge in [-0.15, -0.1) is 0 Å². The van der Waals surface area contributed by atoms with Crippen molar-refractivity contribution < 1.29 is 29.0 Å². The summed E-state index contributed by atoms with van der Waals surface area (Å²) < 4.78 is 5.45. The van der Waals surface area contributed by atoms with Crippen molar-refractivity contribution in [3.8, 4) is 5.75 Å². The van der Waals surface area contributed by atoms with Crippen molar-refractivity contribution in [2.24, 2.45) is 0 Å². The highest BCUT2D eigenvalue weighted by atomic mass is 35.5. The van der Waals surface area contributed by atoms with Crippen molar-refractivity contribution in [1.82, 2.24) is 20.5 Å². The van der Waals surface area contributed by atoms with Gasteiger partial charge in [0.15, 0.2) is 0 Å². The van der Waals surface area contributed by atoms with Crippen molar-refractivity contribution in [1.29, 1.82) is 0 Å². The Balaban J connectivity index is 1.70. The number of hydrogen-bond acceptors (Lipinski definition) is 6. The first-order chi connectivity index (χ1) is 20.5. The molecule has 0 spiro atoms. The molecular formula is C32H37ClN4O6. The first-order valence-electron chi connectivity index (χ1n) is 14.2. The second kappa shape index (κ2) is 14.2. The lowest BCUT2D eigenvalue weighted by atomic mass is 9.99. The summed E-state index contributed by atoms with van der Waals surface area (Å²) in [4.78, 5) is 57.7.